The van der Waals surface area contributed by atoms with Gasteiger partial charge in [0.1, 0.15) is 11.3 Å². The van der Waals surface area contributed by atoms with Gasteiger partial charge >= 0.3 is 5.97 Å². The van der Waals surface area contributed by atoms with Crippen LogP contribution in [0.1, 0.15) is 15.9 Å². The van der Waals surface area contributed by atoms with Crippen molar-refractivity contribution in [2.45, 2.75) is 0 Å². The molecule has 1 heterocycles. The minimum absolute atomic E-state index is 0.109. The summed E-state index contributed by atoms with van der Waals surface area (Å²) >= 11 is 0. The largest absolute Gasteiger partial charge is 0.507 e. The summed E-state index contributed by atoms with van der Waals surface area (Å²) < 4.78 is 4.58. The van der Waals surface area contributed by atoms with Gasteiger partial charge in [0.2, 0.25) is 0 Å². The van der Waals surface area contributed by atoms with E-state index in [-0.39, 0.29) is 11.3 Å². The molecule has 19 heavy (non-hydrogen) atoms. The summed E-state index contributed by atoms with van der Waals surface area (Å²) in [6.07, 6.45) is 4.87. The lowest BCUT2D eigenvalue weighted by molar-refractivity contribution is 0.0597. The first-order chi connectivity index (χ1) is 9.20. The van der Waals surface area contributed by atoms with E-state index in [0.717, 1.165) is 0 Å². The van der Waals surface area contributed by atoms with Gasteiger partial charge < -0.3 is 9.84 Å². The molecule has 0 unspecified atom stereocenters. The van der Waals surface area contributed by atoms with Crippen LogP contribution in [0.3, 0.4) is 0 Å². The Kier molecular flexibility index (Phi) is 3.87. The van der Waals surface area contributed by atoms with Crippen LogP contribution in [0.2, 0.25) is 0 Å². The van der Waals surface area contributed by atoms with E-state index >= 15 is 0 Å². The van der Waals surface area contributed by atoms with Gasteiger partial charge in [-0.05, 0) is 35.9 Å². The second kappa shape index (κ2) is 5.77. The Bertz CT molecular complexity index is 609. The predicted molar refractivity (Wildman–Crippen MR) is 70.9 cm³/mol. The molecule has 96 valence electrons. The van der Waals surface area contributed by atoms with Gasteiger partial charge in [-0.15, -0.1) is 0 Å². The van der Waals surface area contributed by atoms with Gasteiger partial charge in [0.15, 0.2) is 0 Å². The van der Waals surface area contributed by atoms with Crippen LogP contribution in [-0.2, 0) is 4.74 Å². The van der Waals surface area contributed by atoms with Crippen molar-refractivity contribution in [1.82, 2.24) is 4.98 Å². The lowest BCUT2D eigenvalue weighted by Crippen LogP contribution is -2.02. The van der Waals surface area contributed by atoms with E-state index in [1.165, 1.54) is 19.2 Å². The van der Waals surface area contributed by atoms with Crippen LogP contribution < -0.4 is 0 Å². The Balaban J connectivity index is 2.27. The normalized spacial score (nSPS) is 10.6. The van der Waals surface area contributed by atoms with Gasteiger partial charge in [0, 0.05) is 12.4 Å². The van der Waals surface area contributed by atoms with Crippen molar-refractivity contribution < 1.29 is 14.6 Å². The van der Waals surface area contributed by atoms with Gasteiger partial charge in [-0.1, -0.05) is 0 Å². The molecule has 1 aromatic carbocycles. The number of benzene rings is 1. The maximum Gasteiger partial charge on any atom is 0.341 e. The molecule has 2 aromatic rings. The lowest BCUT2D eigenvalue weighted by Gasteiger charge is -2.03. The third-order valence-corrected chi connectivity index (χ3v) is 2.43. The van der Waals surface area contributed by atoms with Crippen LogP contribution in [0.25, 0.3) is 0 Å². The molecule has 0 bridgehead atoms. The topological polar surface area (TPSA) is 71.8 Å². The average Bonchev–Trinajstić information content (AvgIpc) is 2.46. The van der Waals surface area contributed by atoms with E-state index in [9.17, 15) is 9.90 Å². The number of phenolic OH excluding ortho intramolecular Hbond substituents is 1. The van der Waals surface area contributed by atoms with Crippen LogP contribution in [0, 0.1) is 0 Å². The number of pyridine rings is 1. The number of aliphatic imine (C=N–C) groups is 1. The van der Waals surface area contributed by atoms with E-state index in [2.05, 4.69) is 14.7 Å². The van der Waals surface area contributed by atoms with Crippen molar-refractivity contribution >= 4 is 17.9 Å². The monoisotopic (exact) mass is 256 g/mol. The molecule has 0 aliphatic rings. The molecule has 5 nitrogen and oxygen atoms in total. The Morgan fingerprint density at radius 3 is 2.95 bits per heavy atom. The van der Waals surface area contributed by atoms with E-state index in [1.807, 2.05) is 6.07 Å². The maximum atomic E-state index is 11.4. The lowest BCUT2D eigenvalue weighted by atomic mass is 10.1. The Morgan fingerprint density at radius 2 is 2.26 bits per heavy atom. The maximum absolute atomic E-state index is 11.4. The molecule has 0 atom stereocenters. The molecule has 0 amide bonds. The number of aromatic nitrogens is 1. The molecule has 0 fully saturated rings. The molecule has 5 heteroatoms. The number of aromatic hydroxyl groups is 1. The molecule has 0 saturated carbocycles. The van der Waals surface area contributed by atoms with E-state index in [0.29, 0.717) is 11.3 Å². The first-order valence-electron chi connectivity index (χ1n) is 5.56. The van der Waals surface area contributed by atoms with E-state index < -0.39 is 5.97 Å². The van der Waals surface area contributed by atoms with Crippen molar-refractivity contribution in [3.8, 4) is 5.75 Å². The van der Waals surface area contributed by atoms with Gasteiger partial charge in [-0.2, -0.15) is 0 Å². The minimum atomic E-state index is -0.589. The van der Waals surface area contributed by atoms with Gasteiger partial charge in [-0.3, -0.25) is 9.98 Å². The van der Waals surface area contributed by atoms with Crippen LogP contribution in [0.15, 0.2) is 47.7 Å². The first kappa shape index (κ1) is 12.8. The van der Waals surface area contributed by atoms with Gasteiger partial charge in [-0.25, -0.2) is 4.79 Å². The zero-order valence-corrected chi connectivity index (χ0v) is 10.3. The Labute approximate surface area is 110 Å². The summed E-state index contributed by atoms with van der Waals surface area (Å²) in [5, 5.41) is 9.57. The second-order valence-corrected chi connectivity index (χ2v) is 3.74. The number of carbonyl (C=O) groups is 1. The highest BCUT2D eigenvalue weighted by Gasteiger charge is 2.11. The third kappa shape index (κ3) is 3.16. The zero-order chi connectivity index (χ0) is 13.7. The molecular weight excluding hydrogens is 244 g/mol. The molecule has 0 saturated heterocycles. The molecule has 0 aliphatic heterocycles. The smallest absolute Gasteiger partial charge is 0.341 e. The van der Waals surface area contributed by atoms with Crippen LogP contribution in [0.4, 0.5) is 5.69 Å². The van der Waals surface area contributed by atoms with E-state index in [1.54, 1.807) is 30.7 Å². The van der Waals surface area contributed by atoms with Crippen molar-refractivity contribution in [2.24, 2.45) is 4.99 Å². The van der Waals surface area contributed by atoms with E-state index in [4.69, 9.17) is 0 Å². The number of nitrogens with zero attached hydrogens (tertiary/aromatic N) is 2. The molecule has 0 radical (unpaired) electrons. The highest BCUT2D eigenvalue weighted by atomic mass is 16.5. The summed E-state index contributed by atoms with van der Waals surface area (Å²) in [5.41, 5.74) is 1.50. The number of hydrogen-bond donors (Lipinski definition) is 1. The van der Waals surface area contributed by atoms with Crippen molar-refractivity contribution in [3.05, 3.63) is 53.9 Å². The molecule has 0 aliphatic carbocycles. The average molecular weight is 256 g/mol. The summed E-state index contributed by atoms with van der Waals surface area (Å²) in [6, 6.07) is 8.19. The number of methoxy groups -OCH3 is 1. The summed E-state index contributed by atoms with van der Waals surface area (Å²) in [7, 11) is 1.26. The minimum Gasteiger partial charge on any atom is -0.507 e. The highest BCUT2D eigenvalue weighted by molar-refractivity contribution is 5.95. The summed E-state index contributed by atoms with van der Waals surface area (Å²) in [4.78, 5) is 19.6. The predicted octanol–water partition coefficient (Wildman–Crippen LogP) is 2.32. The molecule has 0 spiro atoms. The van der Waals surface area contributed by atoms with Crippen molar-refractivity contribution in [1.29, 1.82) is 0 Å². The number of rotatable bonds is 3. The fraction of sp³-hybridized carbons (Fsp3) is 0.0714. The summed E-state index contributed by atoms with van der Waals surface area (Å²) in [5.74, 6) is -0.709. The fourth-order valence-electron chi connectivity index (χ4n) is 1.49. The zero-order valence-electron chi connectivity index (χ0n) is 10.3. The number of esters is 1. The Hall–Kier alpha value is -2.69. The SMILES string of the molecule is COC(=O)c1cc(C=Nc2cccnc2)ccc1O. The number of hydrogen-bond acceptors (Lipinski definition) is 5. The Morgan fingerprint density at radius 1 is 1.42 bits per heavy atom. The highest BCUT2D eigenvalue weighted by Crippen LogP contribution is 2.19. The van der Waals surface area contributed by atoms with Crippen LogP contribution in [0.5, 0.6) is 5.75 Å². The summed E-state index contributed by atoms with van der Waals surface area (Å²) in [6.45, 7) is 0. The number of phenols is 1. The molecule has 1 aromatic heterocycles. The molecular formula is C14H12N2O3. The quantitative estimate of drug-likeness (QED) is 0.675. The van der Waals surface area contributed by atoms with Gasteiger partial charge in [0.25, 0.3) is 0 Å². The van der Waals surface area contributed by atoms with Crippen molar-refractivity contribution in [2.75, 3.05) is 7.11 Å². The number of carbonyl (C=O) groups excluding carboxylic acids is 1. The fourth-order valence-corrected chi connectivity index (χ4v) is 1.49. The molecule has 2 rings (SSSR count). The standard InChI is InChI=1S/C14H12N2O3/c1-19-14(18)12-7-10(4-5-13(12)17)8-16-11-3-2-6-15-9-11/h2-9,17H,1H3. The first-order valence-corrected chi connectivity index (χ1v) is 5.56. The van der Waals surface area contributed by atoms with Gasteiger partial charge in [0.05, 0.1) is 19.0 Å². The third-order valence-electron chi connectivity index (χ3n) is 2.43. The number of ether oxygens (including phenoxy) is 1. The molecule has 1 N–H and O–H groups in total. The van der Waals surface area contributed by atoms with Crippen molar-refractivity contribution in [3.63, 3.8) is 0 Å². The van der Waals surface area contributed by atoms with Crippen LogP contribution in [-0.4, -0.2) is 29.4 Å². The van der Waals surface area contributed by atoms with Crippen LogP contribution >= 0.6 is 0 Å². The second-order valence-electron chi connectivity index (χ2n) is 3.74.